The highest BCUT2D eigenvalue weighted by Gasteiger charge is 2.63. The number of nitrogens with zero attached hydrogens (tertiary/aromatic N) is 2. The first-order valence-electron chi connectivity index (χ1n) is 12.7. The Morgan fingerprint density at radius 3 is 2.54 bits per heavy atom. The number of hydrogen-bond donors (Lipinski definition) is 3. The van der Waals surface area contributed by atoms with Gasteiger partial charge in [0.2, 0.25) is 0 Å². The number of hydrogen-bond acceptors (Lipinski definition) is 6. The van der Waals surface area contributed by atoms with Crippen molar-refractivity contribution in [3.8, 4) is 11.4 Å². The highest BCUT2D eigenvalue weighted by Crippen LogP contribution is 2.58. The van der Waals surface area contributed by atoms with Crippen molar-refractivity contribution in [2.75, 3.05) is 5.32 Å². The first kappa shape index (κ1) is 27.4. The van der Waals surface area contributed by atoms with E-state index in [1.807, 2.05) is 6.07 Å². The van der Waals surface area contributed by atoms with E-state index in [9.17, 15) is 31.5 Å². The highest BCUT2D eigenvalue weighted by molar-refractivity contribution is 7.92. The number of sulfone groups is 1. The summed E-state index contributed by atoms with van der Waals surface area (Å²) in [7, 11) is -4.17. The van der Waals surface area contributed by atoms with Gasteiger partial charge in [-0.1, -0.05) is 17.7 Å². The van der Waals surface area contributed by atoms with E-state index in [0.29, 0.717) is 36.4 Å². The summed E-state index contributed by atoms with van der Waals surface area (Å²) in [6.07, 6.45) is 4.34. The van der Waals surface area contributed by atoms with Crippen LogP contribution in [0.1, 0.15) is 35.4 Å². The molecule has 3 N–H and O–H groups in total. The molecule has 8 nitrogen and oxygen atoms in total. The Kier molecular flexibility index (Phi) is 6.67. The monoisotopic (exact) mass is 602 g/mol. The van der Waals surface area contributed by atoms with Crippen molar-refractivity contribution in [2.24, 2.45) is 11.8 Å². The second-order valence-corrected chi connectivity index (χ2v) is 12.8. The number of rotatable bonds is 6. The minimum atomic E-state index is -4.17. The molecule has 2 unspecified atom stereocenters. The van der Waals surface area contributed by atoms with E-state index in [2.05, 4.69) is 20.3 Å². The number of halogens is 4. The fourth-order valence-corrected chi connectivity index (χ4v) is 9.00. The van der Waals surface area contributed by atoms with Gasteiger partial charge in [0.05, 0.1) is 32.8 Å². The molecule has 0 radical (unpaired) electrons. The number of carbonyl (C=O) groups excluding carboxylic acids is 1. The van der Waals surface area contributed by atoms with Gasteiger partial charge in [-0.25, -0.2) is 26.6 Å². The molecule has 2 heterocycles. The summed E-state index contributed by atoms with van der Waals surface area (Å²) >= 11 is 6.32. The number of amides is 1. The minimum Gasteiger partial charge on any atom is -0.382 e. The standard InChI is InChI=1S/C28H22ClF3N4O4S/c29-18-7-5-14(26(37)35-16-10-19(30)24(32)20(31)11-16)9-23(18)41(39,40)25-15-4-6-17(25)28(38,12-15)27-34-13-22(36-27)21-3-1-2-8-33-21/h1-3,5,7-11,13,15,17,25,38H,4,6,12H2,(H,34,36)(H,35,37)/t15?,17?,25-,28-/m1/s1. The first-order chi connectivity index (χ1) is 19.5. The molecule has 0 aliphatic heterocycles. The van der Waals surface area contributed by atoms with E-state index >= 15 is 0 Å². The predicted molar refractivity (Wildman–Crippen MR) is 143 cm³/mol. The van der Waals surface area contributed by atoms with Crippen molar-refractivity contribution in [3.63, 3.8) is 0 Å². The molecule has 212 valence electrons. The molecule has 4 aromatic rings. The Balaban J connectivity index is 1.29. The number of anilines is 1. The molecule has 2 aromatic heterocycles. The number of aromatic nitrogens is 3. The van der Waals surface area contributed by atoms with Gasteiger partial charge in [-0.15, -0.1) is 0 Å². The largest absolute Gasteiger partial charge is 0.382 e. The van der Waals surface area contributed by atoms with E-state index in [4.69, 9.17) is 11.6 Å². The maximum Gasteiger partial charge on any atom is 0.255 e. The maximum absolute atomic E-state index is 14.0. The van der Waals surface area contributed by atoms with Gasteiger partial charge < -0.3 is 15.4 Å². The Morgan fingerprint density at radius 2 is 1.83 bits per heavy atom. The van der Waals surface area contributed by atoms with Gasteiger partial charge in [0.1, 0.15) is 11.4 Å². The SMILES string of the molecule is O=C(Nc1cc(F)c(F)c(F)c1)c1ccc(Cl)c(S(=O)(=O)[C@@H]2C3CCC2[C@@](O)(c2ncc(-c4ccccn4)[nH]2)C3)c1. The Hall–Kier alpha value is -3.74. The number of imidazole rings is 1. The van der Waals surface area contributed by atoms with Gasteiger partial charge >= 0.3 is 0 Å². The zero-order valence-electron chi connectivity index (χ0n) is 21.1. The van der Waals surface area contributed by atoms with Crippen LogP contribution in [0.15, 0.2) is 65.8 Å². The van der Waals surface area contributed by atoms with Crippen LogP contribution in [-0.2, 0) is 15.4 Å². The van der Waals surface area contributed by atoms with E-state index in [0.717, 1.165) is 6.07 Å². The van der Waals surface area contributed by atoms with Gasteiger partial charge in [0.15, 0.2) is 27.3 Å². The molecule has 4 atom stereocenters. The molecule has 2 fully saturated rings. The maximum atomic E-state index is 14.0. The van der Waals surface area contributed by atoms with Crippen LogP contribution in [0.4, 0.5) is 18.9 Å². The summed E-state index contributed by atoms with van der Waals surface area (Å²) in [6.45, 7) is 0. The fourth-order valence-electron chi connectivity index (χ4n) is 6.11. The third kappa shape index (κ3) is 4.59. The Bertz CT molecular complexity index is 1760. The average molecular weight is 603 g/mol. The number of aromatic amines is 1. The number of fused-ring (bicyclic) bond motifs is 2. The van der Waals surface area contributed by atoms with E-state index in [-0.39, 0.29) is 33.4 Å². The molecule has 2 aromatic carbocycles. The molecule has 2 aliphatic carbocycles. The van der Waals surface area contributed by atoms with Crippen LogP contribution < -0.4 is 5.32 Å². The lowest BCUT2D eigenvalue weighted by atomic mass is 9.83. The lowest BCUT2D eigenvalue weighted by Gasteiger charge is -2.30. The van der Waals surface area contributed by atoms with Gasteiger partial charge in [0.25, 0.3) is 5.91 Å². The van der Waals surface area contributed by atoms with Crippen LogP contribution in [0.25, 0.3) is 11.4 Å². The molecule has 0 spiro atoms. The molecular formula is C28H22ClF3N4O4S. The Morgan fingerprint density at radius 1 is 1.07 bits per heavy atom. The number of H-pyrrole nitrogens is 1. The number of benzene rings is 2. The summed E-state index contributed by atoms with van der Waals surface area (Å²) in [6, 6.07) is 10.2. The second-order valence-electron chi connectivity index (χ2n) is 10.3. The van der Waals surface area contributed by atoms with Crippen molar-refractivity contribution < 1.29 is 31.5 Å². The van der Waals surface area contributed by atoms with Crippen LogP contribution in [0.3, 0.4) is 0 Å². The van der Waals surface area contributed by atoms with Crippen molar-refractivity contribution in [1.82, 2.24) is 15.0 Å². The van der Waals surface area contributed by atoms with Gasteiger partial charge in [-0.05, 0) is 55.5 Å². The molecule has 2 bridgehead atoms. The summed E-state index contributed by atoms with van der Waals surface area (Å²) in [5.74, 6) is -6.39. The lowest BCUT2D eigenvalue weighted by Crippen LogP contribution is -2.37. The smallest absolute Gasteiger partial charge is 0.255 e. The Labute approximate surface area is 237 Å². The third-order valence-corrected chi connectivity index (χ3v) is 10.7. The van der Waals surface area contributed by atoms with Gasteiger partial charge in [0, 0.05) is 35.5 Å². The zero-order valence-corrected chi connectivity index (χ0v) is 22.7. The normalized spacial score (nSPS) is 23.6. The number of pyridine rings is 1. The van der Waals surface area contributed by atoms with Crippen LogP contribution >= 0.6 is 11.6 Å². The van der Waals surface area contributed by atoms with E-state index in [1.165, 1.54) is 12.1 Å². The summed E-state index contributed by atoms with van der Waals surface area (Å²) in [5.41, 5.74) is -0.835. The highest BCUT2D eigenvalue weighted by atomic mass is 35.5. The predicted octanol–water partition coefficient (Wildman–Crippen LogP) is 5.25. The summed E-state index contributed by atoms with van der Waals surface area (Å²) in [4.78, 5) is 24.3. The van der Waals surface area contributed by atoms with Gasteiger partial charge in [-0.2, -0.15) is 0 Å². The minimum absolute atomic E-state index is 0.120. The molecule has 41 heavy (non-hydrogen) atoms. The van der Waals surface area contributed by atoms with Crippen LogP contribution in [0.2, 0.25) is 5.02 Å². The molecule has 13 heteroatoms. The zero-order chi connectivity index (χ0) is 29.1. The third-order valence-electron chi connectivity index (χ3n) is 7.92. The topological polar surface area (TPSA) is 125 Å². The van der Waals surface area contributed by atoms with Crippen molar-refractivity contribution in [3.05, 3.63) is 94.8 Å². The number of aliphatic hydroxyl groups is 1. The van der Waals surface area contributed by atoms with Crippen LogP contribution in [-0.4, -0.2) is 39.6 Å². The van der Waals surface area contributed by atoms with Crippen LogP contribution in [0.5, 0.6) is 0 Å². The second kappa shape index (κ2) is 9.97. The molecule has 2 aliphatic rings. The van der Waals surface area contributed by atoms with E-state index < -0.39 is 55.9 Å². The quantitative estimate of drug-likeness (QED) is 0.259. The average Bonchev–Trinajstić information content (AvgIpc) is 3.67. The molecule has 0 saturated heterocycles. The summed E-state index contributed by atoms with van der Waals surface area (Å²) < 4.78 is 68.5. The fraction of sp³-hybridized carbons (Fsp3) is 0.250. The van der Waals surface area contributed by atoms with E-state index in [1.54, 1.807) is 24.5 Å². The van der Waals surface area contributed by atoms with Crippen LogP contribution in [0, 0.1) is 29.3 Å². The van der Waals surface area contributed by atoms with Gasteiger partial charge in [-0.3, -0.25) is 9.78 Å². The number of carbonyl (C=O) groups is 1. The summed E-state index contributed by atoms with van der Waals surface area (Å²) in [5, 5.41) is 12.9. The van der Waals surface area contributed by atoms with Crippen molar-refractivity contribution in [2.45, 2.75) is 35.0 Å². The molecule has 2 saturated carbocycles. The first-order valence-corrected chi connectivity index (χ1v) is 14.6. The molecule has 6 rings (SSSR count). The molecule has 1 amide bonds. The number of nitrogens with one attached hydrogen (secondary N) is 2. The molecular weight excluding hydrogens is 581 g/mol. The lowest BCUT2D eigenvalue weighted by molar-refractivity contribution is -0.0252. The van der Waals surface area contributed by atoms with Crippen molar-refractivity contribution >= 4 is 33.0 Å². The van der Waals surface area contributed by atoms with Crippen molar-refractivity contribution in [1.29, 1.82) is 0 Å².